The van der Waals surface area contributed by atoms with Gasteiger partial charge in [0.2, 0.25) is 10.0 Å². The van der Waals surface area contributed by atoms with E-state index in [2.05, 4.69) is 4.98 Å². The van der Waals surface area contributed by atoms with Crippen LogP contribution in [0.1, 0.15) is 16.8 Å². The molecule has 3 N–H and O–H groups in total. The van der Waals surface area contributed by atoms with Gasteiger partial charge >= 0.3 is 0 Å². The fraction of sp³-hybridized carbons (Fsp3) is 0.429. The molecule has 68 valence electrons. The van der Waals surface area contributed by atoms with Gasteiger partial charge in [-0.15, -0.1) is 0 Å². The van der Waals surface area contributed by atoms with E-state index in [-0.39, 0.29) is 5.75 Å². The lowest BCUT2D eigenvalue weighted by Gasteiger charge is -1.99. The van der Waals surface area contributed by atoms with Gasteiger partial charge in [-0.1, -0.05) is 0 Å². The van der Waals surface area contributed by atoms with E-state index in [1.807, 2.05) is 13.8 Å². The minimum absolute atomic E-state index is 0.0891. The zero-order chi connectivity index (χ0) is 9.35. The third-order valence-electron chi connectivity index (χ3n) is 1.78. The predicted octanol–water partition coefficient (Wildman–Crippen LogP) is 0.420. The largest absolute Gasteiger partial charge is 0.365 e. The second kappa shape index (κ2) is 2.91. The molecular weight excluding hydrogens is 176 g/mol. The first-order chi connectivity index (χ1) is 5.40. The molecule has 0 aliphatic carbocycles. The maximum Gasteiger partial charge on any atom is 0.213 e. The molecule has 1 heterocycles. The number of aryl methyl sites for hydroxylation is 2. The molecule has 0 radical (unpaired) electrons. The monoisotopic (exact) mass is 188 g/mol. The number of aromatic amines is 1. The van der Waals surface area contributed by atoms with Crippen LogP contribution in [0.25, 0.3) is 0 Å². The lowest BCUT2D eigenvalue weighted by Crippen LogP contribution is -2.15. The van der Waals surface area contributed by atoms with Crippen molar-refractivity contribution >= 4 is 10.0 Å². The molecule has 12 heavy (non-hydrogen) atoms. The van der Waals surface area contributed by atoms with Crippen LogP contribution >= 0.6 is 0 Å². The standard InChI is InChI=1S/C7H12N2O2S/c1-5-3-9-6(2)7(5)4-12(8,10)11/h3,9H,4H2,1-2H3,(H2,8,10,11). The Bertz CT molecular complexity index is 359. The smallest absolute Gasteiger partial charge is 0.213 e. The first kappa shape index (κ1) is 9.28. The molecule has 0 saturated carbocycles. The number of hydrogen-bond donors (Lipinski definition) is 2. The molecule has 1 rings (SSSR count). The fourth-order valence-corrected chi connectivity index (χ4v) is 1.96. The summed E-state index contributed by atoms with van der Waals surface area (Å²) < 4.78 is 21.5. The minimum Gasteiger partial charge on any atom is -0.365 e. The van der Waals surface area contributed by atoms with Crippen LogP contribution in [0, 0.1) is 13.8 Å². The van der Waals surface area contributed by atoms with E-state index < -0.39 is 10.0 Å². The molecule has 0 aliphatic heterocycles. The van der Waals surface area contributed by atoms with E-state index in [0.717, 1.165) is 16.8 Å². The highest BCUT2D eigenvalue weighted by Crippen LogP contribution is 2.13. The number of hydrogen-bond acceptors (Lipinski definition) is 2. The SMILES string of the molecule is Cc1c[nH]c(C)c1CS(N)(=O)=O. The van der Waals surface area contributed by atoms with Gasteiger partial charge in [0.05, 0.1) is 5.75 Å². The van der Waals surface area contributed by atoms with Gasteiger partial charge in [0.1, 0.15) is 0 Å². The lowest BCUT2D eigenvalue weighted by atomic mass is 10.2. The highest BCUT2D eigenvalue weighted by Gasteiger charge is 2.10. The molecule has 0 spiro atoms. The van der Waals surface area contributed by atoms with Crippen LogP contribution in [0.2, 0.25) is 0 Å². The van der Waals surface area contributed by atoms with Crippen LogP contribution in [-0.4, -0.2) is 13.4 Å². The van der Waals surface area contributed by atoms with Gasteiger partial charge in [0, 0.05) is 11.9 Å². The zero-order valence-corrected chi connectivity index (χ0v) is 7.90. The fourth-order valence-electron chi connectivity index (χ4n) is 1.11. The number of aromatic nitrogens is 1. The minimum atomic E-state index is -3.41. The van der Waals surface area contributed by atoms with Crippen molar-refractivity contribution in [2.45, 2.75) is 19.6 Å². The number of primary sulfonamides is 1. The number of nitrogens with one attached hydrogen (secondary N) is 1. The summed E-state index contributed by atoms with van der Waals surface area (Å²) in [6.45, 7) is 3.68. The number of sulfonamides is 1. The molecule has 4 nitrogen and oxygen atoms in total. The van der Waals surface area contributed by atoms with Crippen molar-refractivity contribution in [3.8, 4) is 0 Å². The average molecular weight is 188 g/mol. The molecular formula is C7H12N2O2S. The van der Waals surface area contributed by atoms with E-state index >= 15 is 0 Å². The Morgan fingerprint density at radius 3 is 2.42 bits per heavy atom. The zero-order valence-electron chi connectivity index (χ0n) is 7.09. The summed E-state index contributed by atoms with van der Waals surface area (Å²) in [4.78, 5) is 2.94. The van der Waals surface area contributed by atoms with E-state index in [9.17, 15) is 8.42 Å². The van der Waals surface area contributed by atoms with Crippen LogP contribution < -0.4 is 5.14 Å². The normalized spacial score (nSPS) is 11.9. The highest BCUT2D eigenvalue weighted by molar-refractivity contribution is 7.88. The topological polar surface area (TPSA) is 76.0 Å². The van der Waals surface area contributed by atoms with Gasteiger partial charge in [-0.25, -0.2) is 13.6 Å². The Morgan fingerprint density at radius 2 is 2.08 bits per heavy atom. The molecule has 1 aromatic rings. The van der Waals surface area contributed by atoms with E-state index in [1.165, 1.54) is 0 Å². The van der Waals surface area contributed by atoms with E-state index in [0.29, 0.717) is 0 Å². The summed E-state index contributed by atoms with van der Waals surface area (Å²) in [5, 5.41) is 4.92. The van der Waals surface area contributed by atoms with Crippen molar-refractivity contribution in [1.82, 2.24) is 4.98 Å². The van der Waals surface area contributed by atoms with Crippen molar-refractivity contribution in [2.75, 3.05) is 0 Å². The van der Waals surface area contributed by atoms with Crippen molar-refractivity contribution in [2.24, 2.45) is 5.14 Å². The maximum absolute atomic E-state index is 10.8. The lowest BCUT2D eigenvalue weighted by molar-refractivity contribution is 0.596. The van der Waals surface area contributed by atoms with Crippen LogP contribution in [0.4, 0.5) is 0 Å². The van der Waals surface area contributed by atoms with Crippen LogP contribution in [-0.2, 0) is 15.8 Å². The molecule has 5 heteroatoms. The molecule has 0 fully saturated rings. The third-order valence-corrected chi connectivity index (χ3v) is 2.47. The van der Waals surface area contributed by atoms with Crippen molar-refractivity contribution in [3.63, 3.8) is 0 Å². The predicted molar refractivity (Wildman–Crippen MR) is 47.1 cm³/mol. The highest BCUT2D eigenvalue weighted by atomic mass is 32.2. The van der Waals surface area contributed by atoms with Gasteiger partial charge in [0.25, 0.3) is 0 Å². The Morgan fingerprint density at radius 1 is 1.50 bits per heavy atom. The van der Waals surface area contributed by atoms with Crippen LogP contribution in [0.3, 0.4) is 0 Å². The van der Waals surface area contributed by atoms with Crippen molar-refractivity contribution in [1.29, 1.82) is 0 Å². The summed E-state index contributed by atoms with van der Waals surface area (Å²) in [5.41, 5.74) is 2.57. The molecule has 0 aliphatic rings. The quantitative estimate of drug-likeness (QED) is 0.705. The van der Waals surface area contributed by atoms with Gasteiger partial charge in [0.15, 0.2) is 0 Å². The van der Waals surface area contributed by atoms with Gasteiger partial charge in [-0.2, -0.15) is 0 Å². The Balaban J connectivity index is 3.04. The maximum atomic E-state index is 10.8. The summed E-state index contributed by atoms with van der Waals surface area (Å²) in [6, 6.07) is 0. The molecule has 0 unspecified atom stereocenters. The number of rotatable bonds is 2. The first-order valence-corrected chi connectivity index (χ1v) is 5.25. The number of nitrogens with two attached hydrogens (primary N) is 1. The summed E-state index contributed by atoms with van der Waals surface area (Å²) >= 11 is 0. The summed E-state index contributed by atoms with van der Waals surface area (Å²) in [7, 11) is -3.41. The van der Waals surface area contributed by atoms with Crippen LogP contribution in [0.15, 0.2) is 6.20 Å². The molecule has 0 saturated heterocycles. The van der Waals surface area contributed by atoms with Gasteiger partial charge in [-0.05, 0) is 25.0 Å². The Kier molecular flexibility index (Phi) is 2.25. The Hall–Kier alpha value is -0.810. The summed E-state index contributed by atoms with van der Waals surface area (Å²) in [5.74, 6) is -0.0891. The second-order valence-electron chi connectivity index (χ2n) is 2.88. The van der Waals surface area contributed by atoms with Crippen molar-refractivity contribution < 1.29 is 8.42 Å². The molecule has 0 atom stereocenters. The Labute approximate surface area is 71.8 Å². The van der Waals surface area contributed by atoms with Crippen molar-refractivity contribution in [3.05, 3.63) is 23.0 Å². The number of H-pyrrole nitrogens is 1. The summed E-state index contributed by atoms with van der Waals surface area (Å²) in [6.07, 6.45) is 1.77. The van der Waals surface area contributed by atoms with Gasteiger partial charge in [-0.3, -0.25) is 0 Å². The first-order valence-electron chi connectivity index (χ1n) is 3.54. The molecule has 0 amide bonds. The van der Waals surface area contributed by atoms with Crippen LogP contribution in [0.5, 0.6) is 0 Å². The van der Waals surface area contributed by atoms with E-state index in [1.54, 1.807) is 6.20 Å². The average Bonchev–Trinajstić information content (AvgIpc) is 2.16. The van der Waals surface area contributed by atoms with E-state index in [4.69, 9.17) is 5.14 Å². The molecule has 0 aromatic carbocycles. The third kappa shape index (κ3) is 2.09. The molecule has 1 aromatic heterocycles. The van der Waals surface area contributed by atoms with Gasteiger partial charge < -0.3 is 4.98 Å². The second-order valence-corrected chi connectivity index (χ2v) is 4.50. The molecule has 0 bridgehead atoms.